The number of carboxylic acid groups (broad SMARTS) is 1. The van der Waals surface area contributed by atoms with Crippen LogP contribution in [0, 0.1) is 6.92 Å². The average molecular weight is 208 g/mol. The van der Waals surface area contributed by atoms with Crippen molar-refractivity contribution in [3.63, 3.8) is 0 Å². The molecule has 1 aromatic rings. The molecule has 2 N–H and O–H groups in total. The maximum Gasteiger partial charge on any atom is 0.337 e. The summed E-state index contributed by atoms with van der Waals surface area (Å²) in [4.78, 5) is 26.0. The standard InChI is InChI=1S/C10H12N2O3/c1-3-11-9(13)8-5-4-7(10(14)15)6(2)12-8/h4-5H,3H2,1-2H3,(H,11,13)(H,14,15). The number of rotatable bonds is 3. The second-order valence-electron chi connectivity index (χ2n) is 2.99. The van der Waals surface area contributed by atoms with Gasteiger partial charge in [-0.25, -0.2) is 9.78 Å². The highest BCUT2D eigenvalue weighted by molar-refractivity contribution is 5.94. The Hall–Kier alpha value is -1.91. The van der Waals surface area contributed by atoms with E-state index in [4.69, 9.17) is 5.11 Å². The van der Waals surface area contributed by atoms with Crippen LogP contribution >= 0.6 is 0 Å². The van der Waals surface area contributed by atoms with Gasteiger partial charge in [-0.15, -0.1) is 0 Å². The number of amides is 1. The summed E-state index contributed by atoms with van der Waals surface area (Å²) in [6, 6.07) is 2.79. The molecule has 15 heavy (non-hydrogen) atoms. The van der Waals surface area contributed by atoms with E-state index in [1.54, 1.807) is 13.8 Å². The fraction of sp³-hybridized carbons (Fsp3) is 0.300. The first kappa shape index (κ1) is 11.2. The molecule has 0 aliphatic rings. The van der Waals surface area contributed by atoms with Gasteiger partial charge in [-0.2, -0.15) is 0 Å². The Morgan fingerprint density at radius 1 is 1.47 bits per heavy atom. The molecule has 1 amide bonds. The van der Waals surface area contributed by atoms with Crippen LogP contribution in [0.25, 0.3) is 0 Å². The van der Waals surface area contributed by atoms with Crippen LogP contribution in [-0.2, 0) is 0 Å². The Labute approximate surface area is 87.1 Å². The molecular formula is C10H12N2O3. The maximum atomic E-state index is 11.4. The Balaban J connectivity index is 3.01. The number of aromatic carboxylic acids is 1. The second-order valence-corrected chi connectivity index (χ2v) is 2.99. The minimum Gasteiger partial charge on any atom is -0.478 e. The Bertz CT molecular complexity index is 402. The number of nitrogens with zero attached hydrogens (tertiary/aromatic N) is 1. The maximum absolute atomic E-state index is 11.4. The van der Waals surface area contributed by atoms with Crippen LogP contribution in [-0.4, -0.2) is 28.5 Å². The number of aromatic nitrogens is 1. The quantitative estimate of drug-likeness (QED) is 0.771. The van der Waals surface area contributed by atoms with Crippen molar-refractivity contribution in [2.45, 2.75) is 13.8 Å². The van der Waals surface area contributed by atoms with E-state index in [1.165, 1.54) is 12.1 Å². The van der Waals surface area contributed by atoms with Gasteiger partial charge in [-0.1, -0.05) is 0 Å². The molecule has 1 heterocycles. The first-order valence-electron chi connectivity index (χ1n) is 4.55. The fourth-order valence-electron chi connectivity index (χ4n) is 1.16. The fourth-order valence-corrected chi connectivity index (χ4v) is 1.16. The van der Waals surface area contributed by atoms with Gasteiger partial charge in [0.1, 0.15) is 5.69 Å². The third kappa shape index (κ3) is 2.52. The van der Waals surface area contributed by atoms with Crippen molar-refractivity contribution in [2.24, 2.45) is 0 Å². The number of carbonyl (C=O) groups excluding carboxylic acids is 1. The Kier molecular flexibility index (Phi) is 3.38. The second kappa shape index (κ2) is 4.54. The minimum absolute atomic E-state index is 0.114. The van der Waals surface area contributed by atoms with Gasteiger partial charge in [0.25, 0.3) is 5.91 Å². The van der Waals surface area contributed by atoms with E-state index in [9.17, 15) is 9.59 Å². The molecule has 0 aliphatic carbocycles. The Morgan fingerprint density at radius 2 is 2.13 bits per heavy atom. The van der Waals surface area contributed by atoms with E-state index in [1.807, 2.05) is 0 Å². The number of hydrogen-bond donors (Lipinski definition) is 2. The number of carbonyl (C=O) groups is 2. The Morgan fingerprint density at radius 3 is 2.60 bits per heavy atom. The van der Waals surface area contributed by atoms with Crippen molar-refractivity contribution in [2.75, 3.05) is 6.54 Å². The van der Waals surface area contributed by atoms with Gasteiger partial charge < -0.3 is 10.4 Å². The number of nitrogens with one attached hydrogen (secondary N) is 1. The van der Waals surface area contributed by atoms with Crippen LogP contribution in [0.3, 0.4) is 0 Å². The molecule has 5 nitrogen and oxygen atoms in total. The molecular weight excluding hydrogens is 196 g/mol. The molecule has 80 valence electrons. The van der Waals surface area contributed by atoms with Crippen molar-refractivity contribution in [1.29, 1.82) is 0 Å². The number of hydrogen-bond acceptors (Lipinski definition) is 3. The van der Waals surface area contributed by atoms with Gasteiger partial charge in [0.05, 0.1) is 11.3 Å². The van der Waals surface area contributed by atoms with Crippen LogP contribution in [0.5, 0.6) is 0 Å². The van der Waals surface area contributed by atoms with Gasteiger partial charge in [0.2, 0.25) is 0 Å². The molecule has 0 unspecified atom stereocenters. The summed E-state index contributed by atoms with van der Waals surface area (Å²) < 4.78 is 0. The van der Waals surface area contributed by atoms with Crippen molar-refractivity contribution in [3.05, 3.63) is 29.1 Å². The molecule has 0 aliphatic heterocycles. The van der Waals surface area contributed by atoms with E-state index >= 15 is 0 Å². The lowest BCUT2D eigenvalue weighted by Crippen LogP contribution is -2.24. The summed E-state index contributed by atoms with van der Waals surface area (Å²) in [5.74, 6) is -1.33. The van der Waals surface area contributed by atoms with E-state index < -0.39 is 5.97 Å². The van der Waals surface area contributed by atoms with Gasteiger partial charge in [-0.3, -0.25) is 4.79 Å². The summed E-state index contributed by atoms with van der Waals surface area (Å²) >= 11 is 0. The smallest absolute Gasteiger partial charge is 0.337 e. The number of pyridine rings is 1. The topological polar surface area (TPSA) is 79.3 Å². The third-order valence-corrected chi connectivity index (χ3v) is 1.89. The molecule has 0 radical (unpaired) electrons. The van der Waals surface area contributed by atoms with Gasteiger partial charge in [0, 0.05) is 6.54 Å². The highest BCUT2D eigenvalue weighted by Gasteiger charge is 2.11. The van der Waals surface area contributed by atoms with E-state index in [2.05, 4.69) is 10.3 Å². The molecule has 1 aromatic heterocycles. The zero-order chi connectivity index (χ0) is 11.4. The molecule has 1 rings (SSSR count). The molecule has 0 fully saturated rings. The molecule has 0 atom stereocenters. The summed E-state index contributed by atoms with van der Waals surface area (Å²) in [6.45, 7) is 3.88. The lowest BCUT2D eigenvalue weighted by molar-refractivity contribution is 0.0694. The SMILES string of the molecule is CCNC(=O)c1ccc(C(=O)O)c(C)n1. The summed E-state index contributed by atoms with van der Waals surface area (Å²) in [5, 5.41) is 11.3. The van der Waals surface area contributed by atoms with Crippen molar-refractivity contribution in [1.82, 2.24) is 10.3 Å². The van der Waals surface area contributed by atoms with Crippen LogP contribution < -0.4 is 5.32 Å². The molecule has 0 bridgehead atoms. The van der Waals surface area contributed by atoms with E-state index in [0.29, 0.717) is 12.2 Å². The molecule has 0 spiro atoms. The number of aryl methyl sites for hydroxylation is 1. The first-order valence-corrected chi connectivity index (χ1v) is 4.55. The molecule has 0 saturated carbocycles. The van der Waals surface area contributed by atoms with Gasteiger partial charge in [0.15, 0.2) is 0 Å². The van der Waals surface area contributed by atoms with Crippen LogP contribution in [0.15, 0.2) is 12.1 Å². The van der Waals surface area contributed by atoms with Crippen molar-refractivity contribution in [3.8, 4) is 0 Å². The van der Waals surface area contributed by atoms with Crippen LogP contribution in [0.2, 0.25) is 0 Å². The highest BCUT2D eigenvalue weighted by Crippen LogP contribution is 2.06. The largest absolute Gasteiger partial charge is 0.478 e. The lowest BCUT2D eigenvalue weighted by Gasteiger charge is -2.04. The van der Waals surface area contributed by atoms with E-state index in [0.717, 1.165) is 0 Å². The average Bonchev–Trinajstić information content (AvgIpc) is 2.17. The van der Waals surface area contributed by atoms with Crippen molar-refractivity contribution < 1.29 is 14.7 Å². The molecule has 0 saturated heterocycles. The third-order valence-electron chi connectivity index (χ3n) is 1.89. The van der Waals surface area contributed by atoms with Crippen LogP contribution in [0.1, 0.15) is 33.5 Å². The summed E-state index contributed by atoms with van der Waals surface area (Å²) in [5.41, 5.74) is 0.689. The summed E-state index contributed by atoms with van der Waals surface area (Å²) in [6.07, 6.45) is 0. The zero-order valence-electron chi connectivity index (χ0n) is 8.57. The lowest BCUT2D eigenvalue weighted by atomic mass is 10.2. The van der Waals surface area contributed by atoms with Gasteiger partial charge in [-0.05, 0) is 26.0 Å². The van der Waals surface area contributed by atoms with Gasteiger partial charge >= 0.3 is 5.97 Å². The van der Waals surface area contributed by atoms with Crippen LogP contribution in [0.4, 0.5) is 0 Å². The molecule has 5 heteroatoms. The zero-order valence-corrected chi connectivity index (χ0v) is 8.57. The predicted octanol–water partition coefficient (Wildman–Crippen LogP) is 0.838. The predicted molar refractivity (Wildman–Crippen MR) is 53.9 cm³/mol. The first-order chi connectivity index (χ1) is 7.06. The normalized spacial score (nSPS) is 9.73. The van der Waals surface area contributed by atoms with Crippen molar-refractivity contribution >= 4 is 11.9 Å². The number of carboxylic acids is 1. The molecule has 0 aromatic carbocycles. The van der Waals surface area contributed by atoms with E-state index in [-0.39, 0.29) is 17.2 Å². The minimum atomic E-state index is -1.04. The monoisotopic (exact) mass is 208 g/mol. The summed E-state index contributed by atoms with van der Waals surface area (Å²) in [7, 11) is 0. The highest BCUT2D eigenvalue weighted by atomic mass is 16.4.